The Labute approximate surface area is 34.3 Å². The lowest BCUT2D eigenvalue weighted by Gasteiger charge is -1.73. The molecule has 0 saturated carbocycles. The van der Waals surface area contributed by atoms with Crippen LogP contribution >= 0.6 is 0 Å². The second kappa shape index (κ2) is 1.17. The second-order valence-electron chi connectivity index (χ2n) is 0.448. The molecule has 0 fully saturated rings. The Morgan fingerprint density at radius 3 is 1.60 bits per heavy atom. The molecule has 0 radical (unpaired) electrons. The quantitative estimate of drug-likeness (QED) is 0.426. The standard InChI is InChI=1S/H2O3S2/c1-5(2,3)4/h(H2,1,2,3,4)/i4+2. The Bertz CT molecular complexity index is 88.1. The normalized spacial score (nSPS) is 11.6. The van der Waals surface area contributed by atoms with Gasteiger partial charge < -0.3 is 0 Å². The van der Waals surface area contributed by atoms with Crippen molar-refractivity contribution in [3.05, 3.63) is 0 Å². The molecule has 0 atom stereocenters. The highest BCUT2D eigenvalue weighted by molar-refractivity contribution is 8.26. The number of hydrogen-bond acceptors (Lipinski definition) is 2. The van der Waals surface area contributed by atoms with Crippen molar-refractivity contribution in [3.8, 4) is 0 Å². The van der Waals surface area contributed by atoms with Crippen LogP contribution in [-0.4, -0.2) is 13.3 Å². The van der Waals surface area contributed by atoms with Crippen LogP contribution in [0.2, 0.25) is 0 Å². The molecular weight excluding hydrogens is 114 g/mol. The molecule has 5 heavy (non-hydrogen) atoms. The molecule has 0 bridgehead atoms. The first-order valence-electron chi connectivity index (χ1n) is 0.698. The van der Waals surface area contributed by atoms with Crippen molar-refractivity contribution in [3.63, 3.8) is 0 Å². The molecule has 0 aromatic carbocycles. The first-order chi connectivity index (χ1) is 2.00. The van der Waals surface area contributed by atoms with Gasteiger partial charge in [0.25, 0.3) is 9.05 Å². The predicted octanol–water partition coefficient (Wildman–Crippen LogP) is -0.321. The van der Waals surface area contributed by atoms with Gasteiger partial charge in [-0.25, -0.2) is 0 Å². The highest BCUT2D eigenvalue weighted by Gasteiger charge is 1.78. The van der Waals surface area contributed by atoms with Crippen molar-refractivity contribution in [2.24, 2.45) is 0 Å². The summed E-state index contributed by atoms with van der Waals surface area (Å²) in [5, 5.41) is 0. The van der Waals surface area contributed by atoms with Gasteiger partial charge >= 0.3 is 0 Å². The van der Waals surface area contributed by atoms with Crippen molar-refractivity contribution in [2.45, 2.75) is 0 Å². The zero-order valence-corrected chi connectivity index (χ0v) is 3.75. The molecule has 3 nitrogen and oxygen atoms in total. The smallest absolute Gasteiger partial charge is 0.263 e. The van der Waals surface area contributed by atoms with Gasteiger partial charge in [-0.3, -0.25) is 9.11 Å². The van der Waals surface area contributed by atoms with Gasteiger partial charge in [0.1, 0.15) is 0 Å². The van der Waals surface area contributed by atoms with Gasteiger partial charge in [-0.2, -0.15) is 4.21 Å². The Kier molecular flexibility index (Phi) is 1.24. The first kappa shape index (κ1) is 5.29. The van der Waals surface area contributed by atoms with Crippen LogP contribution in [0, 0.1) is 0 Å². The molecule has 0 aromatic rings. The number of rotatable bonds is 0. The molecule has 0 amide bonds. The van der Waals surface area contributed by atoms with E-state index in [4.69, 9.17) is 13.3 Å². The molecule has 2 N–H and O–H groups in total. The van der Waals surface area contributed by atoms with E-state index in [9.17, 15) is 0 Å². The van der Waals surface area contributed by atoms with Gasteiger partial charge in [0.05, 0.1) is 0 Å². The molecule has 0 heterocycles. The maximum absolute atomic E-state index is 9.11. The minimum atomic E-state index is -3.83. The van der Waals surface area contributed by atoms with Crippen molar-refractivity contribution in [2.75, 3.05) is 0 Å². The summed E-state index contributed by atoms with van der Waals surface area (Å²) in [6.45, 7) is 0. The molecule has 0 spiro atoms. The zero-order chi connectivity index (χ0) is 4.50. The Hall–Kier alpha value is 0.290. The number of hydrogen-bond donors (Lipinski definition) is 2. The van der Waals surface area contributed by atoms with Crippen LogP contribution in [0.5, 0.6) is 0 Å². The summed E-state index contributed by atoms with van der Waals surface area (Å²) in [7, 11) is -3.83. The van der Waals surface area contributed by atoms with E-state index in [1.165, 1.54) is 0 Å². The highest BCUT2D eigenvalue weighted by Crippen LogP contribution is 1.62. The van der Waals surface area contributed by atoms with Gasteiger partial charge in [-0.1, -0.05) is 0 Å². The predicted molar refractivity (Wildman–Crippen MR) is 20.8 cm³/mol. The molecule has 5 heteroatoms. The fourth-order valence-corrected chi connectivity index (χ4v) is 0. The summed E-state index contributed by atoms with van der Waals surface area (Å²) >= 11 is 3.47. The average Bonchev–Trinajstić information content (AvgIpc) is 0.722. The molecule has 0 unspecified atom stereocenters. The maximum Gasteiger partial charge on any atom is 0.263 e. The van der Waals surface area contributed by atoms with Gasteiger partial charge in [-0.05, 0) is 0 Å². The van der Waals surface area contributed by atoms with E-state index >= 15 is 0 Å². The molecule has 0 aliphatic rings. The van der Waals surface area contributed by atoms with E-state index in [0.29, 0.717) is 0 Å². The van der Waals surface area contributed by atoms with Gasteiger partial charge in [-0.15, -0.1) is 0 Å². The second-order valence-corrected chi connectivity index (χ2v) is 2.65. The van der Waals surface area contributed by atoms with Crippen molar-refractivity contribution in [1.82, 2.24) is 0 Å². The van der Waals surface area contributed by atoms with Gasteiger partial charge in [0, 0.05) is 11.2 Å². The van der Waals surface area contributed by atoms with E-state index in [0.717, 1.165) is 0 Å². The Morgan fingerprint density at radius 2 is 1.60 bits per heavy atom. The fraction of sp³-hybridized carbons (Fsp3) is 0. The molecule has 0 aliphatic carbocycles. The van der Waals surface area contributed by atoms with Crippen molar-refractivity contribution in [1.29, 1.82) is 0 Å². The van der Waals surface area contributed by atoms with Crippen LogP contribution in [0.1, 0.15) is 0 Å². The molecule has 0 rings (SSSR count). The monoisotopic (exact) mass is 116 g/mol. The third-order valence-corrected chi connectivity index (χ3v) is 0. The van der Waals surface area contributed by atoms with Crippen LogP contribution in [0.4, 0.5) is 0 Å². The van der Waals surface area contributed by atoms with Crippen LogP contribution in [-0.2, 0) is 20.2 Å². The van der Waals surface area contributed by atoms with Gasteiger partial charge in [0.2, 0.25) is 0 Å². The highest BCUT2D eigenvalue weighted by atomic mass is 34.2. The van der Waals surface area contributed by atoms with E-state index in [1.807, 2.05) is 0 Å². The van der Waals surface area contributed by atoms with Crippen molar-refractivity contribution >= 4 is 20.2 Å². The maximum atomic E-state index is 9.11. The minimum Gasteiger partial charge on any atom is -0.285 e. The largest absolute Gasteiger partial charge is 0.285 e. The molecule has 0 aliphatic heterocycles. The summed E-state index contributed by atoms with van der Waals surface area (Å²) < 4.78 is 24.0. The molecular formula is H2O3S2. The van der Waals surface area contributed by atoms with Crippen LogP contribution in [0.15, 0.2) is 0 Å². The van der Waals surface area contributed by atoms with Gasteiger partial charge in [0.15, 0.2) is 0 Å². The average molecular weight is 116 g/mol. The third-order valence-electron chi connectivity index (χ3n) is 0. The lowest BCUT2D eigenvalue weighted by Crippen LogP contribution is -1.86. The fourth-order valence-electron chi connectivity index (χ4n) is 0. The van der Waals surface area contributed by atoms with E-state index in [-0.39, 0.29) is 0 Å². The van der Waals surface area contributed by atoms with E-state index in [1.54, 1.807) is 0 Å². The molecule has 0 saturated heterocycles. The summed E-state index contributed by atoms with van der Waals surface area (Å²) in [6, 6.07) is 0. The lowest BCUT2D eigenvalue weighted by atomic mass is 15.8. The summed E-state index contributed by atoms with van der Waals surface area (Å²) in [5.74, 6) is 0. The topological polar surface area (TPSA) is 57.5 Å². The Morgan fingerprint density at radius 1 is 1.60 bits per heavy atom. The van der Waals surface area contributed by atoms with Crippen LogP contribution < -0.4 is 0 Å². The minimum absolute atomic E-state index is 3.47. The summed E-state index contributed by atoms with van der Waals surface area (Å²) in [4.78, 5) is 0. The Balaban J connectivity index is 4.06. The third kappa shape index (κ3) is 268. The van der Waals surface area contributed by atoms with Crippen LogP contribution in [0.25, 0.3) is 0 Å². The summed E-state index contributed by atoms with van der Waals surface area (Å²) in [5.41, 5.74) is 0. The van der Waals surface area contributed by atoms with E-state index in [2.05, 4.69) is 11.2 Å². The summed E-state index contributed by atoms with van der Waals surface area (Å²) in [6.07, 6.45) is 0. The molecule has 32 valence electrons. The molecule has 0 aromatic heterocycles. The SMILES string of the molecule is O=S(O)(O)=[34S]. The van der Waals surface area contributed by atoms with E-state index < -0.39 is 9.05 Å². The van der Waals surface area contributed by atoms with Crippen LogP contribution in [0.3, 0.4) is 0 Å². The zero-order valence-electron chi connectivity index (χ0n) is 2.12. The lowest BCUT2D eigenvalue weighted by molar-refractivity contribution is 0.450. The van der Waals surface area contributed by atoms with Crippen molar-refractivity contribution < 1.29 is 13.3 Å². The first-order valence-corrected chi connectivity index (χ1v) is 3.10.